The summed E-state index contributed by atoms with van der Waals surface area (Å²) in [5, 5.41) is 0.646. The van der Waals surface area contributed by atoms with Crippen LogP contribution in [-0.4, -0.2) is 11.1 Å². The van der Waals surface area contributed by atoms with Gasteiger partial charge in [-0.2, -0.15) is 0 Å². The maximum Gasteiger partial charge on any atom is 0.142 e. The molecule has 0 atom stereocenters. The van der Waals surface area contributed by atoms with Gasteiger partial charge < -0.3 is 4.74 Å². The molecule has 0 aromatic carbocycles. The summed E-state index contributed by atoms with van der Waals surface area (Å²) in [4.78, 5) is 4.22. The van der Waals surface area contributed by atoms with Crippen LogP contribution in [0.3, 0.4) is 0 Å². The van der Waals surface area contributed by atoms with Crippen molar-refractivity contribution in [1.82, 2.24) is 4.98 Å². The fourth-order valence-corrected chi connectivity index (χ4v) is 1.33. The molecule has 0 amide bonds. The molecule has 1 aromatic rings. The first-order valence-electron chi connectivity index (χ1n) is 4.60. The number of aromatic nitrogens is 1. The lowest BCUT2D eigenvalue weighted by Crippen LogP contribution is -2.00. The standard InChI is InChI=1S/C10H12ClNO/c1-2-9-10(13-8-3-4-8)5-7(11)6-12-9/h5-6,8H,2-4H2,1H3. The van der Waals surface area contributed by atoms with Crippen molar-refractivity contribution in [2.24, 2.45) is 0 Å². The van der Waals surface area contributed by atoms with Crippen molar-refractivity contribution in [3.05, 3.63) is 23.0 Å². The molecule has 1 aromatic heterocycles. The summed E-state index contributed by atoms with van der Waals surface area (Å²) in [5.41, 5.74) is 0.997. The highest BCUT2D eigenvalue weighted by molar-refractivity contribution is 6.30. The molecular weight excluding hydrogens is 186 g/mol. The van der Waals surface area contributed by atoms with Gasteiger partial charge in [-0.3, -0.25) is 4.98 Å². The molecule has 1 fully saturated rings. The van der Waals surface area contributed by atoms with Crippen molar-refractivity contribution in [3.8, 4) is 5.75 Å². The minimum atomic E-state index is 0.408. The summed E-state index contributed by atoms with van der Waals surface area (Å²) in [6.45, 7) is 2.07. The number of nitrogens with zero attached hydrogens (tertiary/aromatic N) is 1. The normalized spacial score (nSPS) is 15.8. The predicted octanol–water partition coefficient (Wildman–Crippen LogP) is 2.84. The molecule has 0 radical (unpaired) electrons. The van der Waals surface area contributed by atoms with Gasteiger partial charge in [0.2, 0.25) is 0 Å². The van der Waals surface area contributed by atoms with E-state index >= 15 is 0 Å². The van der Waals surface area contributed by atoms with Crippen LogP contribution in [0.25, 0.3) is 0 Å². The van der Waals surface area contributed by atoms with Crippen molar-refractivity contribution in [3.63, 3.8) is 0 Å². The summed E-state index contributed by atoms with van der Waals surface area (Å²) in [5.74, 6) is 0.859. The Hall–Kier alpha value is -0.760. The first-order chi connectivity index (χ1) is 6.29. The molecule has 0 saturated heterocycles. The first-order valence-corrected chi connectivity index (χ1v) is 4.98. The van der Waals surface area contributed by atoms with Gasteiger partial charge >= 0.3 is 0 Å². The molecule has 2 rings (SSSR count). The molecule has 70 valence electrons. The minimum absolute atomic E-state index is 0.408. The molecule has 2 nitrogen and oxygen atoms in total. The lowest BCUT2D eigenvalue weighted by atomic mass is 10.3. The number of hydrogen-bond donors (Lipinski definition) is 0. The topological polar surface area (TPSA) is 22.1 Å². The lowest BCUT2D eigenvalue weighted by molar-refractivity contribution is 0.298. The third kappa shape index (κ3) is 2.13. The zero-order chi connectivity index (χ0) is 9.26. The van der Waals surface area contributed by atoms with Gasteiger partial charge in [-0.1, -0.05) is 18.5 Å². The van der Waals surface area contributed by atoms with Crippen molar-refractivity contribution >= 4 is 11.6 Å². The number of ether oxygens (including phenoxy) is 1. The highest BCUT2D eigenvalue weighted by Gasteiger charge is 2.24. The average molecular weight is 198 g/mol. The molecule has 1 aliphatic rings. The lowest BCUT2D eigenvalue weighted by Gasteiger charge is -2.08. The quantitative estimate of drug-likeness (QED) is 0.744. The van der Waals surface area contributed by atoms with E-state index in [-0.39, 0.29) is 0 Å². The van der Waals surface area contributed by atoms with Gasteiger partial charge in [0.15, 0.2) is 0 Å². The van der Waals surface area contributed by atoms with Gasteiger partial charge in [0.05, 0.1) is 16.8 Å². The van der Waals surface area contributed by atoms with Gasteiger partial charge in [0.25, 0.3) is 0 Å². The number of hydrogen-bond acceptors (Lipinski definition) is 2. The van der Waals surface area contributed by atoms with Crippen LogP contribution in [0.5, 0.6) is 5.75 Å². The Kier molecular flexibility index (Phi) is 2.40. The summed E-state index contributed by atoms with van der Waals surface area (Å²) >= 11 is 5.84. The predicted molar refractivity (Wildman–Crippen MR) is 52.3 cm³/mol. The number of pyridine rings is 1. The zero-order valence-corrected chi connectivity index (χ0v) is 8.34. The Morgan fingerprint density at radius 3 is 3.00 bits per heavy atom. The third-order valence-corrected chi connectivity index (χ3v) is 2.26. The fourth-order valence-electron chi connectivity index (χ4n) is 1.18. The smallest absolute Gasteiger partial charge is 0.142 e. The SMILES string of the molecule is CCc1ncc(Cl)cc1OC1CC1. The summed E-state index contributed by atoms with van der Waals surface area (Å²) in [7, 11) is 0. The molecule has 0 aliphatic heterocycles. The summed E-state index contributed by atoms with van der Waals surface area (Å²) in [6, 6.07) is 1.85. The Bertz CT molecular complexity index is 310. The monoisotopic (exact) mass is 197 g/mol. The van der Waals surface area contributed by atoms with E-state index in [2.05, 4.69) is 11.9 Å². The van der Waals surface area contributed by atoms with Crippen LogP contribution >= 0.6 is 11.6 Å². The summed E-state index contributed by atoms with van der Waals surface area (Å²) in [6.07, 6.45) is 5.29. The maximum absolute atomic E-state index is 5.84. The molecule has 3 heteroatoms. The Morgan fingerprint density at radius 2 is 2.38 bits per heavy atom. The van der Waals surface area contributed by atoms with Crippen LogP contribution in [0.15, 0.2) is 12.3 Å². The molecule has 0 bridgehead atoms. The van der Waals surface area contributed by atoms with E-state index in [1.807, 2.05) is 6.07 Å². The molecule has 1 saturated carbocycles. The summed E-state index contributed by atoms with van der Waals surface area (Å²) < 4.78 is 5.68. The number of halogens is 1. The van der Waals surface area contributed by atoms with Crippen molar-refractivity contribution in [1.29, 1.82) is 0 Å². The van der Waals surface area contributed by atoms with E-state index < -0.39 is 0 Å². The number of aryl methyl sites for hydroxylation is 1. The van der Waals surface area contributed by atoms with Gasteiger partial charge in [-0.15, -0.1) is 0 Å². The third-order valence-electron chi connectivity index (χ3n) is 2.05. The van der Waals surface area contributed by atoms with Crippen LogP contribution in [0.2, 0.25) is 5.02 Å². The van der Waals surface area contributed by atoms with Crippen molar-refractivity contribution in [2.75, 3.05) is 0 Å². The number of rotatable bonds is 3. The van der Waals surface area contributed by atoms with E-state index in [0.717, 1.165) is 30.7 Å². The molecule has 0 unspecified atom stereocenters. The second-order valence-electron chi connectivity index (χ2n) is 3.27. The van der Waals surface area contributed by atoms with Crippen LogP contribution < -0.4 is 4.74 Å². The Morgan fingerprint density at radius 1 is 1.62 bits per heavy atom. The Labute approximate surface area is 82.9 Å². The second-order valence-corrected chi connectivity index (χ2v) is 3.71. The van der Waals surface area contributed by atoms with E-state index in [1.165, 1.54) is 0 Å². The highest BCUT2D eigenvalue weighted by atomic mass is 35.5. The van der Waals surface area contributed by atoms with Gasteiger partial charge in [0, 0.05) is 12.3 Å². The van der Waals surface area contributed by atoms with Gasteiger partial charge in [-0.05, 0) is 19.3 Å². The van der Waals surface area contributed by atoms with Crippen molar-refractivity contribution in [2.45, 2.75) is 32.3 Å². The molecule has 0 N–H and O–H groups in total. The van der Waals surface area contributed by atoms with Gasteiger partial charge in [-0.25, -0.2) is 0 Å². The second kappa shape index (κ2) is 3.54. The van der Waals surface area contributed by atoms with Gasteiger partial charge in [0.1, 0.15) is 5.75 Å². The highest BCUT2D eigenvalue weighted by Crippen LogP contribution is 2.30. The zero-order valence-electron chi connectivity index (χ0n) is 7.59. The van der Waals surface area contributed by atoms with Crippen LogP contribution in [0.4, 0.5) is 0 Å². The molecular formula is C10H12ClNO. The van der Waals surface area contributed by atoms with E-state index in [0.29, 0.717) is 11.1 Å². The van der Waals surface area contributed by atoms with Crippen molar-refractivity contribution < 1.29 is 4.74 Å². The van der Waals surface area contributed by atoms with Crippen LogP contribution in [0.1, 0.15) is 25.5 Å². The van der Waals surface area contributed by atoms with E-state index in [9.17, 15) is 0 Å². The molecule has 1 aliphatic carbocycles. The van der Waals surface area contributed by atoms with E-state index in [4.69, 9.17) is 16.3 Å². The largest absolute Gasteiger partial charge is 0.488 e. The van der Waals surface area contributed by atoms with Crippen LogP contribution in [0, 0.1) is 0 Å². The molecule has 13 heavy (non-hydrogen) atoms. The van der Waals surface area contributed by atoms with Crippen LogP contribution in [-0.2, 0) is 6.42 Å². The Balaban J connectivity index is 2.22. The molecule has 1 heterocycles. The fraction of sp³-hybridized carbons (Fsp3) is 0.500. The van der Waals surface area contributed by atoms with E-state index in [1.54, 1.807) is 6.20 Å². The average Bonchev–Trinajstić information content (AvgIpc) is 2.89. The molecule has 0 spiro atoms. The first kappa shape index (κ1) is 8.82. The maximum atomic E-state index is 5.84. The minimum Gasteiger partial charge on any atom is -0.488 e.